The first-order valence-electron chi connectivity index (χ1n) is 6.41. The van der Waals surface area contributed by atoms with Crippen molar-refractivity contribution in [2.45, 2.75) is 6.92 Å². The largest absolute Gasteiger partial charge is 0.321 e. The van der Waals surface area contributed by atoms with Gasteiger partial charge in [-0.2, -0.15) is 0 Å². The molecule has 0 unspecified atom stereocenters. The average molecular weight is 352 g/mol. The maximum Gasteiger partial charge on any atom is 0.248 e. The van der Waals surface area contributed by atoms with Crippen molar-refractivity contribution < 1.29 is 4.79 Å². The summed E-state index contributed by atoms with van der Waals surface area (Å²) in [5.41, 5.74) is 2.27. The standard InChI is InChI=1S/C15H11Cl2N3OS/c1-9-2-3-11(10(16)8-9)18-13(21)5-4-12-14(17)19-15-20(12)6-7-22-15/h2-8H,1H3,(H,18,21)/b5-4+. The second-order valence-electron chi connectivity index (χ2n) is 4.65. The normalized spacial score (nSPS) is 11.4. The minimum Gasteiger partial charge on any atom is -0.321 e. The highest BCUT2D eigenvalue weighted by Crippen LogP contribution is 2.24. The molecule has 0 aliphatic carbocycles. The van der Waals surface area contributed by atoms with Crippen LogP contribution in [0.25, 0.3) is 11.0 Å². The lowest BCUT2D eigenvalue weighted by atomic mass is 10.2. The van der Waals surface area contributed by atoms with Crippen molar-refractivity contribution in [2.24, 2.45) is 0 Å². The molecular formula is C15H11Cl2N3OS. The Hall–Kier alpha value is -1.82. The van der Waals surface area contributed by atoms with Gasteiger partial charge < -0.3 is 5.32 Å². The molecule has 22 heavy (non-hydrogen) atoms. The molecule has 112 valence electrons. The number of benzene rings is 1. The third-order valence-electron chi connectivity index (χ3n) is 3.03. The molecule has 0 atom stereocenters. The summed E-state index contributed by atoms with van der Waals surface area (Å²) < 4.78 is 1.83. The van der Waals surface area contributed by atoms with Gasteiger partial charge in [0, 0.05) is 17.7 Å². The second-order valence-corrected chi connectivity index (χ2v) is 6.29. The van der Waals surface area contributed by atoms with E-state index in [1.165, 1.54) is 17.4 Å². The molecule has 2 aromatic heterocycles. The van der Waals surface area contributed by atoms with E-state index in [1.807, 2.05) is 29.0 Å². The summed E-state index contributed by atoms with van der Waals surface area (Å²) in [5.74, 6) is -0.285. The van der Waals surface area contributed by atoms with Gasteiger partial charge in [-0.25, -0.2) is 4.98 Å². The van der Waals surface area contributed by atoms with Crippen LogP contribution >= 0.6 is 34.5 Å². The van der Waals surface area contributed by atoms with E-state index in [1.54, 1.807) is 18.2 Å². The Bertz CT molecular complexity index is 882. The molecule has 4 nitrogen and oxygen atoms in total. The molecule has 7 heteroatoms. The molecular weight excluding hydrogens is 341 g/mol. The number of halogens is 2. The molecule has 1 amide bonds. The lowest BCUT2D eigenvalue weighted by molar-refractivity contribution is -0.111. The number of nitrogens with one attached hydrogen (secondary N) is 1. The van der Waals surface area contributed by atoms with Gasteiger partial charge in [0.2, 0.25) is 5.91 Å². The summed E-state index contributed by atoms with van der Waals surface area (Å²) in [6.45, 7) is 1.94. The molecule has 0 fully saturated rings. The van der Waals surface area contributed by atoms with E-state index in [0.717, 1.165) is 10.5 Å². The molecule has 0 aliphatic heterocycles. The summed E-state index contributed by atoms with van der Waals surface area (Å²) in [4.78, 5) is 17.0. The van der Waals surface area contributed by atoms with E-state index in [2.05, 4.69) is 10.3 Å². The number of amides is 1. The maximum absolute atomic E-state index is 12.0. The number of hydrogen-bond acceptors (Lipinski definition) is 3. The molecule has 0 saturated carbocycles. The lowest BCUT2D eigenvalue weighted by Crippen LogP contribution is -2.08. The van der Waals surface area contributed by atoms with Crippen LogP contribution in [0.4, 0.5) is 5.69 Å². The smallest absolute Gasteiger partial charge is 0.248 e. The first-order chi connectivity index (χ1) is 10.5. The molecule has 1 aromatic carbocycles. The number of imidazole rings is 1. The molecule has 3 rings (SSSR count). The highest BCUT2D eigenvalue weighted by molar-refractivity contribution is 7.15. The SMILES string of the molecule is Cc1ccc(NC(=O)/C=C/c2c(Cl)nc3sccn23)c(Cl)c1. The van der Waals surface area contributed by atoms with E-state index in [0.29, 0.717) is 21.6 Å². The van der Waals surface area contributed by atoms with Crippen LogP contribution in [0, 0.1) is 6.92 Å². The summed E-state index contributed by atoms with van der Waals surface area (Å²) in [7, 11) is 0. The first-order valence-corrected chi connectivity index (χ1v) is 8.04. The van der Waals surface area contributed by atoms with Gasteiger partial charge in [-0.15, -0.1) is 11.3 Å². The quantitative estimate of drug-likeness (QED) is 0.697. The fourth-order valence-electron chi connectivity index (χ4n) is 1.98. The van der Waals surface area contributed by atoms with Crippen molar-refractivity contribution in [3.8, 4) is 0 Å². The minimum absolute atomic E-state index is 0.285. The Morgan fingerprint density at radius 3 is 3.00 bits per heavy atom. The van der Waals surface area contributed by atoms with Crippen molar-refractivity contribution >= 4 is 57.2 Å². The molecule has 0 bridgehead atoms. The van der Waals surface area contributed by atoms with Crippen molar-refractivity contribution in [2.75, 3.05) is 5.32 Å². The second kappa shape index (κ2) is 6.12. The van der Waals surface area contributed by atoms with Crippen molar-refractivity contribution in [1.82, 2.24) is 9.38 Å². The van der Waals surface area contributed by atoms with Crippen molar-refractivity contribution in [3.05, 3.63) is 57.3 Å². The van der Waals surface area contributed by atoms with Gasteiger partial charge in [0.15, 0.2) is 10.1 Å². The van der Waals surface area contributed by atoms with Crippen LogP contribution in [0.15, 0.2) is 35.9 Å². The fraction of sp³-hybridized carbons (Fsp3) is 0.0667. The van der Waals surface area contributed by atoms with E-state index >= 15 is 0 Å². The Morgan fingerprint density at radius 1 is 1.41 bits per heavy atom. The van der Waals surface area contributed by atoms with Crippen molar-refractivity contribution in [1.29, 1.82) is 0 Å². The molecule has 0 spiro atoms. The lowest BCUT2D eigenvalue weighted by Gasteiger charge is -2.05. The summed E-state index contributed by atoms with van der Waals surface area (Å²) >= 11 is 13.6. The zero-order valence-electron chi connectivity index (χ0n) is 11.5. The number of hydrogen-bond donors (Lipinski definition) is 1. The van der Waals surface area contributed by atoms with Gasteiger partial charge in [-0.3, -0.25) is 9.20 Å². The predicted molar refractivity (Wildman–Crippen MR) is 91.9 cm³/mol. The number of aromatic nitrogens is 2. The number of carbonyl (C=O) groups is 1. The third kappa shape index (κ3) is 3.02. The van der Waals surface area contributed by atoms with Crippen LogP contribution in [0.3, 0.4) is 0 Å². The Labute approximate surface area is 141 Å². The molecule has 0 aliphatic rings. The van der Waals surface area contributed by atoms with E-state index < -0.39 is 0 Å². The summed E-state index contributed by atoms with van der Waals surface area (Å²) in [6, 6.07) is 5.45. The van der Waals surface area contributed by atoms with Crippen LogP contribution in [0.5, 0.6) is 0 Å². The van der Waals surface area contributed by atoms with Gasteiger partial charge in [0.1, 0.15) is 0 Å². The number of thiazole rings is 1. The average Bonchev–Trinajstić information content (AvgIpc) is 3.00. The summed E-state index contributed by atoms with van der Waals surface area (Å²) in [6.07, 6.45) is 4.89. The fourth-order valence-corrected chi connectivity index (χ4v) is 3.26. The number of carbonyl (C=O) groups excluding carboxylic acids is 1. The summed E-state index contributed by atoms with van der Waals surface area (Å²) in [5, 5.41) is 5.51. The molecule has 0 radical (unpaired) electrons. The van der Waals surface area contributed by atoms with E-state index in [4.69, 9.17) is 23.2 Å². The maximum atomic E-state index is 12.0. The number of nitrogens with zero attached hydrogens (tertiary/aromatic N) is 2. The van der Waals surface area contributed by atoms with Gasteiger partial charge in [0.05, 0.1) is 16.4 Å². The number of rotatable bonds is 3. The molecule has 1 N–H and O–H groups in total. The van der Waals surface area contributed by atoms with Gasteiger partial charge in [-0.1, -0.05) is 29.3 Å². The Morgan fingerprint density at radius 2 is 2.23 bits per heavy atom. The van der Waals surface area contributed by atoms with Gasteiger partial charge >= 0.3 is 0 Å². The van der Waals surface area contributed by atoms with Gasteiger partial charge in [-0.05, 0) is 30.7 Å². The van der Waals surface area contributed by atoms with Crippen LogP contribution in [-0.2, 0) is 4.79 Å². The highest BCUT2D eigenvalue weighted by Gasteiger charge is 2.09. The topological polar surface area (TPSA) is 46.4 Å². The number of aryl methyl sites for hydroxylation is 1. The number of fused-ring (bicyclic) bond motifs is 1. The van der Waals surface area contributed by atoms with Crippen LogP contribution < -0.4 is 5.32 Å². The first kappa shape index (κ1) is 15.1. The Kier molecular flexibility index (Phi) is 4.20. The van der Waals surface area contributed by atoms with E-state index in [9.17, 15) is 4.79 Å². The zero-order chi connectivity index (χ0) is 15.7. The monoisotopic (exact) mass is 351 g/mol. The van der Waals surface area contributed by atoms with Crippen LogP contribution in [0.1, 0.15) is 11.3 Å². The number of anilines is 1. The Balaban J connectivity index is 1.79. The molecule has 2 heterocycles. The zero-order valence-corrected chi connectivity index (χ0v) is 13.8. The minimum atomic E-state index is -0.285. The van der Waals surface area contributed by atoms with Gasteiger partial charge in [0.25, 0.3) is 0 Å². The highest BCUT2D eigenvalue weighted by atomic mass is 35.5. The predicted octanol–water partition coefficient (Wildman–Crippen LogP) is 4.66. The molecule has 3 aromatic rings. The third-order valence-corrected chi connectivity index (χ3v) is 4.38. The molecule has 0 saturated heterocycles. The van der Waals surface area contributed by atoms with Crippen molar-refractivity contribution in [3.63, 3.8) is 0 Å². The van der Waals surface area contributed by atoms with Crippen LogP contribution in [-0.4, -0.2) is 15.3 Å². The van der Waals surface area contributed by atoms with Crippen LogP contribution in [0.2, 0.25) is 10.2 Å². The van der Waals surface area contributed by atoms with E-state index in [-0.39, 0.29) is 5.91 Å².